The third-order valence-corrected chi connectivity index (χ3v) is 7.29. The number of amides is 1. The summed E-state index contributed by atoms with van der Waals surface area (Å²) in [6.07, 6.45) is 0.327. The standard InChI is InChI=1S/C25H27ClN4OS/c1-15-6-7-20(12-16(15)2)14-23(31)29(10-11-30-18(4)13-17(3)28-30)25-27-24-19(5)21(26)8-9-22(24)32-25/h6-9,12-13H,10-11,14H2,1-5H3. The minimum atomic E-state index is 0.0255. The van der Waals surface area contributed by atoms with E-state index in [1.807, 2.05) is 49.7 Å². The molecule has 2 aromatic heterocycles. The average molecular weight is 467 g/mol. The molecule has 166 valence electrons. The molecule has 0 atom stereocenters. The van der Waals surface area contributed by atoms with Gasteiger partial charge in [-0.25, -0.2) is 4.98 Å². The molecule has 4 aromatic rings. The predicted octanol–water partition coefficient (Wildman–Crippen LogP) is 5.96. The zero-order valence-corrected chi connectivity index (χ0v) is 20.6. The summed E-state index contributed by atoms with van der Waals surface area (Å²) in [5.74, 6) is 0.0255. The largest absolute Gasteiger partial charge is 0.286 e. The van der Waals surface area contributed by atoms with Crippen molar-refractivity contribution < 1.29 is 4.79 Å². The first-order valence-electron chi connectivity index (χ1n) is 10.7. The average Bonchev–Trinajstić information content (AvgIpc) is 3.31. The molecule has 1 amide bonds. The number of halogens is 1. The van der Waals surface area contributed by atoms with E-state index in [-0.39, 0.29) is 5.91 Å². The lowest BCUT2D eigenvalue weighted by molar-refractivity contribution is -0.118. The van der Waals surface area contributed by atoms with Crippen molar-refractivity contribution >= 4 is 44.2 Å². The Morgan fingerprint density at radius 1 is 1.06 bits per heavy atom. The van der Waals surface area contributed by atoms with Gasteiger partial charge >= 0.3 is 0 Å². The fourth-order valence-corrected chi connectivity index (χ4v) is 5.03. The Bertz CT molecular complexity index is 1310. The fraction of sp³-hybridized carbons (Fsp3) is 0.320. The van der Waals surface area contributed by atoms with Crippen LogP contribution >= 0.6 is 22.9 Å². The van der Waals surface area contributed by atoms with Crippen molar-refractivity contribution in [2.45, 2.75) is 47.6 Å². The highest BCUT2D eigenvalue weighted by molar-refractivity contribution is 7.22. The van der Waals surface area contributed by atoms with Crippen LogP contribution in [0.2, 0.25) is 5.02 Å². The molecule has 0 saturated carbocycles. The molecule has 0 unspecified atom stereocenters. The Hall–Kier alpha value is -2.70. The fourth-order valence-electron chi connectivity index (χ4n) is 3.81. The van der Waals surface area contributed by atoms with Crippen LogP contribution in [0.4, 0.5) is 5.13 Å². The van der Waals surface area contributed by atoms with Gasteiger partial charge in [0.1, 0.15) is 0 Å². The summed E-state index contributed by atoms with van der Waals surface area (Å²) < 4.78 is 2.97. The molecule has 32 heavy (non-hydrogen) atoms. The Kier molecular flexibility index (Phi) is 6.35. The van der Waals surface area contributed by atoms with Crippen LogP contribution in [0, 0.1) is 34.6 Å². The number of benzene rings is 2. The van der Waals surface area contributed by atoms with Crippen molar-refractivity contribution in [3.05, 3.63) is 75.1 Å². The van der Waals surface area contributed by atoms with Crippen LogP contribution in [0.5, 0.6) is 0 Å². The van der Waals surface area contributed by atoms with Gasteiger partial charge in [0.15, 0.2) is 5.13 Å². The van der Waals surface area contributed by atoms with Crippen LogP contribution in [0.1, 0.15) is 33.6 Å². The second-order valence-electron chi connectivity index (χ2n) is 8.31. The van der Waals surface area contributed by atoms with E-state index < -0.39 is 0 Å². The van der Waals surface area contributed by atoms with Gasteiger partial charge in [0.25, 0.3) is 0 Å². The number of thiazole rings is 1. The summed E-state index contributed by atoms with van der Waals surface area (Å²) in [6.45, 7) is 11.2. The van der Waals surface area contributed by atoms with Crippen molar-refractivity contribution in [3.8, 4) is 0 Å². The Morgan fingerprint density at radius 2 is 1.84 bits per heavy atom. The summed E-state index contributed by atoms with van der Waals surface area (Å²) >= 11 is 7.83. The second kappa shape index (κ2) is 9.04. The minimum absolute atomic E-state index is 0.0255. The molecule has 0 spiro atoms. The third kappa shape index (κ3) is 4.57. The first-order chi connectivity index (χ1) is 15.2. The van der Waals surface area contributed by atoms with E-state index in [9.17, 15) is 4.79 Å². The second-order valence-corrected chi connectivity index (χ2v) is 9.72. The normalized spacial score (nSPS) is 11.3. The summed E-state index contributed by atoms with van der Waals surface area (Å²) in [7, 11) is 0. The highest BCUT2D eigenvalue weighted by atomic mass is 35.5. The van der Waals surface area contributed by atoms with Crippen LogP contribution in [-0.2, 0) is 17.8 Å². The van der Waals surface area contributed by atoms with E-state index in [2.05, 4.69) is 31.1 Å². The molecule has 0 aliphatic rings. The van der Waals surface area contributed by atoms with Gasteiger partial charge in [-0.15, -0.1) is 0 Å². The minimum Gasteiger partial charge on any atom is -0.286 e. The number of anilines is 1. The maximum Gasteiger partial charge on any atom is 0.233 e. The molecule has 2 aromatic carbocycles. The van der Waals surface area contributed by atoms with Gasteiger partial charge in [-0.2, -0.15) is 5.10 Å². The summed E-state index contributed by atoms with van der Waals surface area (Å²) in [5.41, 5.74) is 7.27. The Labute approximate surface area is 197 Å². The molecule has 0 aliphatic heterocycles. The molecule has 2 heterocycles. The number of carbonyl (C=O) groups is 1. The van der Waals surface area contributed by atoms with E-state index in [0.29, 0.717) is 29.7 Å². The van der Waals surface area contributed by atoms with Gasteiger partial charge in [0.05, 0.1) is 28.9 Å². The monoisotopic (exact) mass is 466 g/mol. The number of nitrogens with zero attached hydrogens (tertiary/aromatic N) is 4. The molecular weight excluding hydrogens is 440 g/mol. The number of rotatable bonds is 6. The molecule has 0 saturated heterocycles. The van der Waals surface area contributed by atoms with Crippen molar-refractivity contribution in [2.75, 3.05) is 11.4 Å². The lowest BCUT2D eigenvalue weighted by Gasteiger charge is -2.20. The van der Waals surface area contributed by atoms with Crippen LogP contribution in [0.15, 0.2) is 36.4 Å². The number of fused-ring (bicyclic) bond motifs is 1. The number of hydrogen-bond donors (Lipinski definition) is 0. The van der Waals surface area contributed by atoms with Crippen molar-refractivity contribution in [3.63, 3.8) is 0 Å². The molecule has 4 rings (SSSR count). The van der Waals surface area contributed by atoms with E-state index >= 15 is 0 Å². The molecule has 0 bridgehead atoms. The van der Waals surface area contributed by atoms with Gasteiger partial charge in [-0.05, 0) is 75.1 Å². The molecule has 0 radical (unpaired) electrons. The maximum atomic E-state index is 13.5. The number of hydrogen-bond acceptors (Lipinski definition) is 4. The van der Waals surface area contributed by atoms with Crippen LogP contribution in [-0.4, -0.2) is 27.2 Å². The lowest BCUT2D eigenvalue weighted by atomic mass is 10.0. The lowest BCUT2D eigenvalue weighted by Crippen LogP contribution is -2.35. The van der Waals surface area contributed by atoms with Gasteiger partial charge < -0.3 is 0 Å². The SMILES string of the molecule is Cc1cc(C)n(CCN(C(=O)Cc2ccc(C)c(C)c2)c2nc3c(C)c(Cl)ccc3s2)n1. The van der Waals surface area contributed by atoms with Crippen LogP contribution in [0.3, 0.4) is 0 Å². The smallest absolute Gasteiger partial charge is 0.233 e. The van der Waals surface area contributed by atoms with Gasteiger partial charge in [0, 0.05) is 17.3 Å². The highest BCUT2D eigenvalue weighted by Crippen LogP contribution is 2.34. The van der Waals surface area contributed by atoms with Crippen LogP contribution in [0.25, 0.3) is 10.2 Å². The zero-order chi connectivity index (χ0) is 23.0. The van der Waals surface area contributed by atoms with E-state index in [1.165, 1.54) is 22.5 Å². The van der Waals surface area contributed by atoms with E-state index in [4.69, 9.17) is 16.6 Å². The molecule has 0 aliphatic carbocycles. The number of aromatic nitrogens is 3. The number of carbonyl (C=O) groups excluding carboxylic acids is 1. The quantitative estimate of drug-likeness (QED) is 0.352. The summed E-state index contributed by atoms with van der Waals surface area (Å²) in [6, 6.07) is 12.1. The predicted molar refractivity (Wildman–Crippen MR) is 133 cm³/mol. The van der Waals surface area contributed by atoms with Gasteiger partial charge in [-0.3, -0.25) is 14.4 Å². The summed E-state index contributed by atoms with van der Waals surface area (Å²) in [4.78, 5) is 20.1. The Morgan fingerprint density at radius 3 is 2.53 bits per heavy atom. The van der Waals surface area contributed by atoms with E-state index in [1.54, 1.807) is 4.90 Å². The number of aryl methyl sites for hydroxylation is 5. The van der Waals surface area contributed by atoms with Crippen molar-refractivity contribution in [1.82, 2.24) is 14.8 Å². The van der Waals surface area contributed by atoms with Crippen molar-refractivity contribution in [2.24, 2.45) is 0 Å². The zero-order valence-electron chi connectivity index (χ0n) is 19.1. The third-order valence-electron chi connectivity index (χ3n) is 5.83. The van der Waals surface area contributed by atoms with Crippen molar-refractivity contribution in [1.29, 1.82) is 0 Å². The van der Waals surface area contributed by atoms with E-state index in [0.717, 1.165) is 32.7 Å². The van der Waals surface area contributed by atoms with Gasteiger partial charge in [-0.1, -0.05) is 41.1 Å². The molecule has 0 N–H and O–H groups in total. The first kappa shape index (κ1) is 22.5. The topological polar surface area (TPSA) is 51.0 Å². The molecular formula is C25H27ClN4OS. The highest BCUT2D eigenvalue weighted by Gasteiger charge is 2.21. The summed E-state index contributed by atoms with van der Waals surface area (Å²) in [5, 5.41) is 5.93. The molecule has 5 nitrogen and oxygen atoms in total. The van der Waals surface area contributed by atoms with Gasteiger partial charge in [0.2, 0.25) is 5.91 Å². The first-order valence-corrected chi connectivity index (χ1v) is 11.9. The molecule has 7 heteroatoms. The van der Waals surface area contributed by atoms with Crippen LogP contribution < -0.4 is 4.90 Å². The Balaban J connectivity index is 1.67. The molecule has 0 fully saturated rings. The maximum absolute atomic E-state index is 13.5.